The topological polar surface area (TPSA) is 44.4 Å². The number of nitrogens with zero attached hydrogens (tertiary/aromatic N) is 1. The summed E-state index contributed by atoms with van der Waals surface area (Å²) in [6.07, 6.45) is 0.980. The van der Waals surface area contributed by atoms with E-state index in [1.54, 1.807) is 0 Å². The van der Waals surface area contributed by atoms with Crippen molar-refractivity contribution in [2.45, 2.75) is 13.3 Å². The van der Waals surface area contributed by atoms with Gasteiger partial charge in [0.1, 0.15) is 0 Å². The first kappa shape index (κ1) is 14.2. The minimum Gasteiger partial charge on any atom is -0.355 e. The van der Waals surface area contributed by atoms with E-state index in [0.29, 0.717) is 5.92 Å². The minimum absolute atomic E-state index is 0.211. The van der Waals surface area contributed by atoms with E-state index in [9.17, 15) is 4.79 Å². The molecule has 2 fully saturated rings. The van der Waals surface area contributed by atoms with Crippen LogP contribution in [0, 0.1) is 11.8 Å². The van der Waals surface area contributed by atoms with Crippen molar-refractivity contribution < 1.29 is 4.79 Å². The number of nitrogens with one attached hydrogen (secondary N) is 2. The highest BCUT2D eigenvalue weighted by Gasteiger charge is 2.27. The van der Waals surface area contributed by atoms with Crippen molar-refractivity contribution in [3.05, 3.63) is 0 Å². The lowest BCUT2D eigenvalue weighted by molar-refractivity contribution is -0.127. The van der Waals surface area contributed by atoms with Crippen LogP contribution in [0.5, 0.6) is 0 Å². The van der Waals surface area contributed by atoms with Crippen LogP contribution in [0.1, 0.15) is 13.3 Å². The van der Waals surface area contributed by atoms with E-state index in [0.717, 1.165) is 32.6 Å². The Morgan fingerprint density at radius 1 is 1.44 bits per heavy atom. The van der Waals surface area contributed by atoms with Gasteiger partial charge in [0.25, 0.3) is 0 Å². The van der Waals surface area contributed by atoms with E-state index in [1.807, 2.05) is 11.8 Å². The fourth-order valence-electron chi connectivity index (χ4n) is 2.70. The van der Waals surface area contributed by atoms with Gasteiger partial charge in [-0.05, 0) is 25.4 Å². The Balaban J connectivity index is 1.64. The highest BCUT2D eigenvalue weighted by Crippen LogP contribution is 2.18. The molecule has 0 saturated carbocycles. The van der Waals surface area contributed by atoms with Crippen LogP contribution in [0.3, 0.4) is 0 Å². The van der Waals surface area contributed by atoms with Gasteiger partial charge in [0, 0.05) is 43.6 Å². The number of hydrogen-bond donors (Lipinski definition) is 2. The summed E-state index contributed by atoms with van der Waals surface area (Å²) >= 11 is 2.03. The van der Waals surface area contributed by atoms with Crippen LogP contribution in [0.25, 0.3) is 0 Å². The summed E-state index contributed by atoms with van der Waals surface area (Å²) < 4.78 is 0. The van der Waals surface area contributed by atoms with Gasteiger partial charge in [-0.2, -0.15) is 11.8 Å². The molecule has 0 aromatic carbocycles. The summed E-state index contributed by atoms with van der Waals surface area (Å²) in [5.41, 5.74) is 0. The average molecular weight is 271 g/mol. The molecular weight excluding hydrogens is 246 g/mol. The molecule has 0 aromatic rings. The molecule has 0 bridgehead atoms. The van der Waals surface area contributed by atoms with Crippen molar-refractivity contribution in [1.82, 2.24) is 15.5 Å². The molecule has 0 spiro atoms. The molecule has 2 atom stereocenters. The van der Waals surface area contributed by atoms with Crippen molar-refractivity contribution in [3.63, 3.8) is 0 Å². The molecule has 18 heavy (non-hydrogen) atoms. The number of amides is 1. The van der Waals surface area contributed by atoms with Gasteiger partial charge in [-0.25, -0.2) is 0 Å². The Hall–Kier alpha value is -0.260. The molecule has 4 nitrogen and oxygen atoms in total. The fraction of sp³-hybridized carbons (Fsp3) is 0.923. The molecule has 2 heterocycles. The first-order chi connectivity index (χ1) is 8.77. The number of rotatable bonds is 4. The first-order valence-corrected chi connectivity index (χ1v) is 8.21. The molecule has 0 aromatic heterocycles. The monoisotopic (exact) mass is 271 g/mol. The summed E-state index contributed by atoms with van der Waals surface area (Å²) in [7, 11) is 0. The fourth-order valence-corrected chi connectivity index (χ4v) is 3.68. The summed E-state index contributed by atoms with van der Waals surface area (Å²) in [5.74, 6) is 3.40. The van der Waals surface area contributed by atoms with Crippen molar-refractivity contribution in [3.8, 4) is 0 Å². The van der Waals surface area contributed by atoms with Gasteiger partial charge >= 0.3 is 0 Å². The second kappa shape index (κ2) is 7.36. The van der Waals surface area contributed by atoms with Gasteiger partial charge in [-0.3, -0.25) is 9.69 Å². The molecule has 2 aliphatic heterocycles. The van der Waals surface area contributed by atoms with E-state index < -0.39 is 0 Å². The van der Waals surface area contributed by atoms with E-state index in [2.05, 4.69) is 22.5 Å². The van der Waals surface area contributed by atoms with Crippen LogP contribution in [-0.2, 0) is 4.79 Å². The second-order valence-electron chi connectivity index (χ2n) is 5.32. The predicted octanol–water partition coefficient (Wildman–Crippen LogP) is 0.397. The Labute approximate surface area is 114 Å². The third kappa shape index (κ3) is 4.14. The lowest BCUT2D eigenvalue weighted by Crippen LogP contribution is -2.45. The predicted molar refractivity (Wildman–Crippen MR) is 76.9 cm³/mol. The zero-order valence-corrected chi connectivity index (χ0v) is 12.1. The van der Waals surface area contributed by atoms with E-state index in [-0.39, 0.29) is 11.8 Å². The second-order valence-corrected chi connectivity index (χ2v) is 6.55. The largest absolute Gasteiger partial charge is 0.355 e. The normalized spacial score (nSPS) is 30.1. The van der Waals surface area contributed by atoms with Gasteiger partial charge in [-0.1, -0.05) is 6.92 Å². The zero-order valence-electron chi connectivity index (χ0n) is 11.3. The lowest BCUT2D eigenvalue weighted by Gasteiger charge is -2.29. The molecule has 1 amide bonds. The Morgan fingerprint density at radius 3 is 2.94 bits per heavy atom. The van der Waals surface area contributed by atoms with E-state index in [1.165, 1.54) is 24.6 Å². The number of carbonyl (C=O) groups is 1. The minimum atomic E-state index is 0.211. The molecule has 5 heteroatoms. The molecule has 2 saturated heterocycles. The summed E-state index contributed by atoms with van der Waals surface area (Å²) in [4.78, 5) is 14.5. The highest BCUT2D eigenvalue weighted by atomic mass is 32.2. The van der Waals surface area contributed by atoms with Crippen molar-refractivity contribution in [2.24, 2.45) is 11.8 Å². The van der Waals surface area contributed by atoms with Crippen molar-refractivity contribution in [2.75, 3.05) is 50.8 Å². The van der Waals surface area contributed by atoms with Crippen LogP contribution >= 0.6 is 11.8 Å². The molecular formula is C13H25N3OS. The number of carbonyl (C=O) groups excluding carboxylic acids is 1. The van der Waals surface area contributed by atoms with Gasteiger partial charge in [-0.15, -0.1) is 0 Å². The first-order valence-electron chi connectivity index (χ1n) is 7.06. The number of thioether (sulfide) groups is 1. The zero-order chi connectivity index (χ0) is 12.8. The van der Waals surface area contributed by atoms with E-state index in [4.69, 9.17) is 0 Å². The third-order valence-corrected chi connectivity index (χ3v) is 4.90. The van der Waals surface area contributed by atoms with Gasteiger partial charge in [0.05, 0.1) is 0 Å². The smallest absolute Gasteiger partial charge is 0.223 e. The summed E-state index contributed by atoms with van der Waals surface area (Å²) in [6, 6.07) is 0. The molecule has 104 valence electrons. The molecule has 0 aliphatic carbocycles. The Kier molecular flexibility index (Phi) is 5.79. The molecule has 0 radical (unpaired) electrons. The van der Waals surface area contributed by atoms with Crippen molar-refractivity contribution in [1.29, 1.82) is 0 Å². The standard InChI is InChI=1S/C13H25N3OS/c1-11-10-14-3-2-12(11)13(17)15-4-5-16-6-8-18-9-7-16/h11-12,14H,2-10H2,1H3,(H,15,17). The average Bonchev–Trinajstić information content (AvgIpc) is 2.40. The van der Waals surface area contributed by atoms with Crippen LogP contribution < -0.4 is 10.6 Å². The SMILES string of the molecule is CC1CNCCC1C(=O)NCCN1CCSCC1. The van der Waals surface area contributed by atoms with Gasteiger partial charge in [0.15, 0.2) is 0 Å². The molecule has 2 aliphatic rings. The maximum Gasteiger partial charge on any atom is 0.223 e. The lowest BCUT2D eigenvalue weighted by atomic mass is 9.87. The number of hydrogen-bond acceptors (Lipinski definition) is 4. The molecule has 2 unspecified atom stereocenters. The quantitative estimate of drug-likeness (QED) is 0.777. The Bertz CT molecular complexity index is 269. The maximum absolute atomic E-state index is 12.1. The van der Waals surface area contributed by atoms with Gasteiger partial charge < -0.3 is 10.6 Å². The van der Waals surface area contributed by atoms with Crippen LogP contribution in [0.15, 0.2) is 0 Å². The third-order valence-electron chi connectivity index (χ3n) is 3.95. The maximum atomic E-state index is 12.1. The van der Waals surface area contributed by atoms with Gasteiger partial charge in [0.2, 0.25) is 5.91 Å². The summed E-state index contributed by atoms with van der Waals surface area (Å²) in [5, 5.41) is 6.45. The summed E-state index contributed by atoms with van der Waals surface area (Å²) in [6.45, 7) is 8.27. The molecule has 2 N–H and O–H groups in total. The molecule has 2 rings (SSSR count). The highest BCUT2D eigenvalue weighted by molar-refractivity contribution is 7.99. The van der Waals surface area contributed by atoms with Crippen LogP contribution in [0.4, 0.5) is 0 Å². The van der Waals surface area contributed by atoms with Crippen molar-refractivity contribution >= 4 is 17.7 Å². The number of piperidine rings is 1. The van der Waals surface area contributed by atoms with E-state index >= 15 is 0 Å². The Morgan fingerprint density at radius 2 is 2.22 bits per heavy atom. The van der Waals surface area contributed by atoms with Crippen LogP contribution in [0.2, 0.25) is 0 Å². The van der Waals surface area contributed by atoms with Crippen LogP contribution in [-0.4, -0.2) is 61.6 Å².